The Morgan fingerprint density at radius 3 is 2.96 bits per heavy atom. The number of likely N-dealkylation sites (tertiary alicyclic amines) is 1. The average molecular weight is 384 g/mol. The van der Waals surface area contributed by atoms with Gasteiger partial charge in [0, 0.05) is 43.9 Å². The number of rotatable bonds is 4. The molecule has 4 rings (SSSR count). The molecule has 1 N–H and O–H groups in total. The van der Waals surface area contributed by atoms with Crippen LogP contribution in [0.2, 0.25) is 0 Å². The molecule has 7 nitrogen and oxygen atoms in total. The zero-order valence-corrected chi connectivity index (χ0v) is 16.4. The lowest BCUT2D eigenvalue weighted by Gasteiger charge is -2.27. The Balaban J connectivity index is 1.48. The minimum absolute atomic E-state index is 0.0616. The van der Waals surface area contributed by atoms with Crippen molar-refractivity contribution in [3.8, 4) is 5.75 Å². The van der Waals surface area contributed by atoms with Crippen LogP contribution < -0.4 is 10.1 Å². The average Bonchev–Trinajstić information content (AvgIpc) is 3.11. The van der Waals surface area contributed by atoms with E-state index in [2.05, 4.69) is 15.2 Å². The number of anilines is 1. The van der Waals surface area contributed by atoms with E-state index in [1.54, 1.807) is 13.3 Å². The van der Waals surface area contributed by atoms with Crippen molar-refractivity contribution in [3.63, 3.8) is 0 Å². The van der Waals surface area contributed by atoms with Gasteiger partial charge in [-0.15, -0.1) is 0 Å². The zero-order chi connectivity index (χ0) is 19.3. The molecule has 2 fully saturated rings. The lowest BCUT2D eigenvalue weighted by molar-refractivity contribution is 0.0355. The molecule has 3 heterocycles. The second-order valence-electron chi connectivity index (χ2n) is 7.48. The number of pyridine rings is 1. The van der Waals surface area contributed by atoms with Crippen LogP contribution in [0.3, 0.4) is 0 Å². The van der Waals surface area contributed by atoms with E-state index in [0.717, 1.165) is 37.0 Å². The van der Waals surface area contributed by atoms with Crippen molar-refractivity contribution in [1.82, 2.24) is 14.8 Å². The quantitative estimate of drug-likeness (QED) is 0.878. The highest BCUT2D eigenvalue weighted by atomic mass is 16.5. The van der Waals surface area contributed by atoms with Gasteiger partial charge in [-0.1, -0.05) is 6.07 Å². The first-order valence-corrected chi connectivity index (χ1v) is 10.1. The molecule has 0 bridgehead atoms. The van der Waals surface area contributed by atoms with E-state index >= 15 is 0 Å². The Morgan fingerprint density at radius 1 is 1.29 bits per heavy atom. The molecule has 2 amide bonds. The molecule has 1 atom stereocenters. The van der Waals surface area contributed by atoms with E-state index < -0.39 is 0 Å². The highest BCUT2D eigenvalue weighted by Gasteiger charge is 2.26. The van der Waals surface area contributed by atoms with Crippen LogP contribution in [-0.2, 0) is 4.74 Å². The number of ether oxygens (including phenoxy) is 2. The molecule has 1 aromatic carbocycles. The summed E-state index contributed by atoms with van der Waals surface area (Å²) in [6.07, 6.45) is 5.16. The Morgan fingerprint density at radius 2 is 2.14 bits per heavy atom. The first-order chi connectivity index (χ1) is 13.7. The van der Waals surface area contributed by atoms with E-state index in [-0.39, 0.29) is 12.1 Å². The molecule has 0 unspecified atom stereocenters. The van der Waals surface area contributed by atoms with Crippen LogP contribution >= 0.6 is 0 Å². The summed E-state index contributed by atoms with van der Waals surface area (Å²) in [5, 5.41) is 3.98. The Kier molecular flexibility index (Phi) is 5.92. The van der Waals surface area contributed by atoms with Gasteiger partial charge in [0.1, 0.15) is 5.75 Å². The highest BCUT2D eigenvalue weighted by molar-refractivity contribution is 6.00. The fraction of sp³-hybridized carbons (Fsp3) is 0.524. The van der Waals surface area contributed by atoms with Gasteiger partial charge in [-0.05, 0) is 44.5 Å². The Bertz CT molecular complexity index is 822. The minimum Gasteiger partial charge on any atom is -0.497 e. The molecule has 0 aliphatic carbocycles. The maximum Gasteiger partial charge on any atom is 0.321 e. The van der Waals surface area contributed by atoms with Crippen LogP contribution in [0, 0.1) is 0 Å². The summed E-state index contributed by atoms with van der Waals surface area (Å²) in [5.74, 6) is 0.696. The van der Waals surface area contributed by atoms with Gasteiger partial charge < -0.3 is 24.6 Å². The largest absolute Gasteiger partial charge is 0.497 e. The van der Waals surface area contributed by atoms with Crippen LogP contribution in [0.25, 0.3) is 10.9 Å². The molecule has 0 radical (unpaired) electrons. The summed E-state index contributed by atoms with van der Waals surface area (Å²) >= 11 is 0. The number of nitrogens with one attached hydrogen (secondary N) is 1. The normalized spacial score (nSPS) is 20.9. The number of fused-ring (bicyclic) bond motifs is 1. The number of hydrogen-bond acceptors (Lipinski definition) is 5. The SMILES string of the molecule is COc1cc(NC(=O)N2CCCO[C@@H](CN3CCCC3)C2)c2ncccc2c1. The molecule has 1 aromatic heterocycles. The topological polar surface area (TPSA) is 66.9 Å². The van der Waals surface area contributed by atoms with Crippen LogP contribution in [0.15, 0.2) is 30.5 Å². The third-order valence-electron chi connectivity index (χ3n) is 5.45. The van der Waals surface area contributed by atoms with E-state index in [1.165, 1.54) is 12.8 Å². The lowest BCUT2D eigenvalue weighted by atomic mass is 10.2. The number of nitrogens with zero attached hydrogens (tertiary/aromatic N) is 3. The van der Waals surface area contributed by atoms with Gasteiger partial charge in [0.15, 0.2) is 0 Å². The van der Waals surface area contributed by atoms with Crippen molar-refractivity contribution in [1.29, 1.82) is 0 Å². The Labute approximate surface area is 165 Å². The Hall–Kier alpha value is -2.38. The van der Waals surface area contributed by atoms with Crippen molar-refractivity contribution in [2.45, 2.75) is 25.4 Å². The smallest absolute Gasteiger partial charge is 0.321 e. The third-order valence-corrected chi connectivity index (χ3v) is 5.45. The van der Waals surface area contributed by atoms with Gasteiger partial charge in [0.05, 0.1) is 24.4 Å². The summed E-state index contributed by atoms with van der Waals surface area (Å²) in [6, 6.07) is 7.47. The monoisotopic (exact) mass is 384 g/mol. The maximum atomic E-state index is 13.0. The number of amides is 2. The van der Waals surface area contributed by atoms with Crippen molar-refractivity contribution >= 4 is 22.6 Å². The van der Waals surface area contributed by atoms with E-state index in [0.29, 0.717) is 31.1 Å². The van der Waals surface area contributed by atoms with Crippen molar-refractivity contribution in [2.24, 2.45) is 0 Å². The molecule has 0 saturated carbocycles. The van der Waals surface area contributed by atoms with Crippen molar-refractivity contribution in [2.75, 3.05) is 51.8 Å². The highest BCUT2D eigenvalue weighted by Crippen LogP contribution is 2.28. The van der Waals surface area contributed by atoms with E-state index in [4.69, 9.17) is 9.47 Å². The number of carbonyl (C=O) groups excluding carboxylic acids is 1. The van der Waals surface area contributed by atoms with Gasteiger partial charge in [-0.2, -0.15) is 0 Å². The van der Waals surface area contributed by atoms with E-state index in [1.807, 2.05) is 29.2 Å². The summed E-state index contributed by atoms with van der Waals surface area (Å²) in [5.41, 5.74) is 1.43. The molecule has 28 heavy (non-hydrogen) atoms. The van der Waals surface area contributed by atoms with Gasteiger partial charge in [0.25, 0.3) is 0 Å². The number of benzene rings is 1. The fourth-order valence-electron chi connectivity index (χ4n) is 4.02. The number of methoxy groups -OCH3 is 1. The predicted octanol–water partition coefficient (Wildman–Crippen LogP) is 2.96. The molecule has 0 spiro atoms. The number of hydrogen-bond donors (Lipinski definition) is 1. The molecular formula is C21H28N4O3. The van der Waals surface area contributed by atoms with Crippen molar-refractivity contribution in [3.05, 3.63) is 30.5 Å². The summed E-state index contributed by atoms with van der Waals surface area (Å²) in [7, 11) is 1.62. The lowest BCUT2D eigenvalue weighted by Crippen LogP contribution is -2.43. The zero-order valence-electron chi connectivity index (χ0n) is 16.4. The van der Waals surface area contributed by atoms with Crippen LogP contribution in [-0.4, -0.2) is 73.4 Å². The minimum atomic E-state index is -0.114. The second kappa shape index (κ2) is 8.75. The summed E-state index contributed by atoms with van der Waals surface area (Å²) < 4.78 is 11.4. The summed E-state index contributed by atoms with van der Waals surface area (Å²) in [6.45, 7) is 5.16. The molecule has 2 aliphatic rings. The first-order valence-electron chi connectivity index (χ1n) is 10.1. The predicted molar refractivity (Wildman–Crippen MR) is 109 cm³/mol. The van der Waals surface area contributed by atoms with E-state index in [9.17, 15) is 4.79 Å². The van der Waals surface area contributed by atoms with Crippen LogP contribution in [0.4, 0.5) is 10.5 Å². The second-order valence-corrected chi connectivity index (χ2v) is 7.48. The number of carbonyl (C=O) groups is 1. The molecule has 2 aliphatic heterocycles. The molecule has 7 heteroatoms. The van der Waals surface area contributed by atoms with Gasteiger partial charge in [-0.25, -0.2) is 4.79 Å². The standard InChI is InChI=1S/C21H28N4O3/c1-27-17-12-16-6-4-7-22-20(16)19(13-17)23-21(26)25-10-5-11-28-18(15-25)14-24-8-2-3-9-24/h4,6-7,12-13,18H,2-3,5,8-11,14-15H2,1H3,(H,23,26)/t18-/m0/s1. The third kappa shape index (κ3) is 4.36. The van der Waals surface area contributed by atoms with Crippen LogP contribution in [0.1, 0.15) is 19.3 Å². The number of urea groups is 1. The summed E-state index contributed by atoms with van der Waals surface area (Å²) in [4.78, 5) is 21.8. The molecule has 150 valence electrons. The fourth-order valence-corrected chi connectivity index (χ4v) is 4.02. The van der Waals surface area contributed by atoms with Gasteiger partial charge >= 0.3 is 6.03 Å². The van der Waals surface area contributed by atoms with Gasteiger partial charge in [0.2, 0.25) is 0 Å². The first kappa shape index (κ1) is 19.0. The number of aromatic nitrogens is 1. The molecule has 2 saturated heterocycles. The maximum absolute atomic E-state index is 13.0. The van der Waals surface area contributed by atoms with Crippen LogP contribution in [0.5, 0.6) is 5.75 Å². The molecule has 2 aromatic rings. The molecular weight excluding hydrogens is 356 g/mol. The van der Waals surface area contributed by atoms with Gasteiger partial charge in [-0.3, -0.25) is 4.98 Å². The van der Waals surface area contributed by atoms with Crippen molar-refractivity contribution < 1.29 is 14.3 Å².